The lowest BCUT2D eigenvalue weighted by Gasteiger charge is -2.14. The molecule has 0 fully saturated rings. The highest BCUT2D eigenvalue weighted by Gasteiger charge is 2.16. The van der Waals surface area contributed by atoms with Crippen molar-refractivity contribution in [2.24, 2.45) is 0 Å². The molecular formula is C13H16N4O2. The molecule has 2 rings (SSSR count). The molecule has 6 nitrogen and oxygen atoms in total. The summed E-state index contributed by atoms with van der Waals surface area (Å²) in [6.07, 6.45) is 2.42. The molecule has 2 heterocycles. The molecule has 100 valence electrons. The third kappa shape index (κ3) is 3.09. The van der Waals surface area contributed by atoms with Crippen LogP contribution in [-0.4, -0.2) is 20.9 Å². The average molecular weight is 260 g/mol. The fraction of sp³-hybridized carbons (Fsp3) is 0.308. The summed E-state index contributed by atoms with van der Waals surface area (Å²) < 4.78 is 0. The van der Waals surface area contributed by atoms with E-state index < -0.39 is 0 Å². The van der Waals surface area contributed by atoms with Crippen LogP contribution in [0.25, 0.3) is 0 Å². The molecule has 0 aliphatic carbocycles. The highest BCUT2D eigenvalue weighted by molar-refractivity contribution is 5.92. The highest BCUT2D eigenvalue weighted by atomic mass is 16.2. The molecule has 0 radical (unpaired) electrons. The number of hydrogen-bond donors (Lipinski definition) is 3. The van der Waals surface area contributed by atoms with Gasteiger partial charge in [0.05, 0.1) is 6.04 Å². The van der Waals surface area contributed by atoms with E-state index >= 15 is 0 Å². The van der Waals surface area contributed by atoms with Gasteiger partial charge in [0.25, 0.3) is 5.91 Å². The number of aromatic amines is 2. The highest BCUT2D eigenvalue weighted by Crippen LogP contribution is 2.13. The number of amides is 1. The first-order chi connectivity index (χ1) is 9.10. The molecular weight excluding hydrogens is 244 g/mol. The van der Waals surface area contributed by atoms with Gasteiger partial charge in [-0.1, -0.05) is 13.0 Å². The molecule has 0 aromatic carbocycles. The number of carbonyl (C=O) groups excluding carboxylic acids is 1. The van der Waals surface area contributed by atoms with Gasteiger partial charge in [0.1, 0.15) is 11.5 Å². The minimum Gasteiger partial charge on any atom is -0.344 e. The van der Waals surface area contributed by atoms with Crippen LogP contribution in [0.1, 0.15) is 41.4 Å². The van der Waals surface area contributed by atoms with Gasteiger partial charge in [0, 0.05) is 18.0 Å². The molecule has 0 bridgehead atoms. The summed E-state index contributed by atoms with van der Waals surface area (Å²) in [4.78, 5) is 33.0. The van der Waals surface area contributed by atoms with Crippen molar-refractivity contribution in [2.75, 3.05) is 0 Å². The molecule has 2 aromatic rings. The predicted molar refractivity (Wildman–Crippen MR) is 70.9 cm³/mol. The lowest BCUT2D eigenvalue weighted by Crippen LogP contribution is -2.30. The van der Waals surface area contributed by atoms with E-state index in [-0.39, 0.29) is 23.2 Å². The summed E-state index contributed by atoms with van der Waals surface area (Å²) in [5, 5.41) is 2.84. The Hall–Kier alpha value is -2.37. The Labute approximate surface area is 110 Å². The van der Waals surface area contributed by atoms with Crippen molar-refractivity contribution < 1.29 is 4.79 Å². The Kier molecular flexibility index (Phi) is 3.79. The van der Waals surface area contributed by atoms with Crippen LogP contribution in [0, 0.1) is 6.92 Å². The summed E-state index contributed by atoms with van der Waals surface area (Å²) >= 11 is 0. The summed E-state index contributed by atoms with van der Waals surface area (Å²) in [5.41, 5.74) is 0.889. The second-order valence-electron chi connectivity index (χ2n) is 4.31. The Morgan fingerprint density at radius 2 is 2.21 bits per heavy atom. The van der Waals surface area contributed by atoms with Crippen molar-refractivity contribution in [2.45, 2.75) is 26.3 Å². The van der Waals surface area contributed by atoms with Gasteiger partial charge in [-0.25, -0.2) is 4.98 Å². The first kappa shape index (κ1) is 13.1. The van der Waals surface area contributed by atoms with Crippen molar-refractivity contribution in [1.29, 1.82) is 0 Å². The zero-order valence-corrected chi connectivity index (χ0v) is 10.9. The summed E-state index contributed by atoms with van der Waals surface area (Å²) in [6.45, 7) is 3.86. The molecule has 0 saturated heterocycles. The number of pyridine rings is 1. The second kappa shape index (κ2) is 5.51. The van der Waals surface area contributed by atoms with Gasteiger partial charge in [-0.3, -0.25) is 9.59 Å². The molecule has 0 unspecified atom stereocenters. The van der Waals surface area contributed by atoms with Gasteiger partial charge >= 0.3 is 0 Å². The third-order valence-electron chi connectivity index (χ3n) is 2.78. The van der Waals surface area contributed by atoms with Crippen molar-refractivity contribution in [3.63, 3.8) is 0 Å². The van der Waals surface area contributed by atoms with Crippen LogP contribution in [0.2, 0.25) is 0 Å². The van der Waals surface area contributed by atoms with Crippen LogP contribution in [0.5, 0.6) is 0 Å². The molecule has 1 atom stereocenters. The monoisotopic (exact) mass is 260 g/mol. The number of nitrogens with one attached hydrogen (secondary N) is 3. The molecule has 2 aromatic heterocycles. The van der Waals surface area contributed by atoms with Gasteiger partial charge in [-0.15, -0.1) is 0 Å². The lowest BCUT2D eigenvalue weighted by atomic mass is 10.2. The van der Waals surface area contributed by atoms with Gasteiger partial charge in [0.2, 0.25) is 5.56 Å². The fourth-order valence-electron chi connectivity index (χ4n) is 1.79. The molecule has 0 aliphatic rings. The fourth-order valence-corrected chi connectivity index (χ4v) is 1.79. The number of nitrogens with zero attached hydrogens (tertiary/aromatic N) is 1. The number of aryl methyl sites for hydroxylation is 1. The quantitative estimate of drug-likeness (QED) is 0.773. The zero-order valence-electron chi connectivity index (χ0n) is 10.9. The second-order valence-corrected chi connectivity index (χ2v) is 4.31. The molecule has 19 heavy (non-hydrogen) atoms. The molecule has 1 amide bonds. The third-order valence-corrected chi connectivity index (χ3v) is 2.78. The van der Waals surface area contributed by atoms with Gasteiger partial charge < -0.3 is 15.3 Å². The Morgan fingerprint density at radius 1 is 1.42 bits per heavy atom. The normalized spacial score (nSPS) is 12.1. The molecule has 6 heteroatoms. The van der Waals surface area contributed by atoms with Gasteiger partial charge in [-0.05, 0) is 19.4 Å². The maximum Gasteiger partial charge on any atom is 0.268 e. The first-order valence-electron chi connectivity index (χ1n) is 6.12. The lowest BCUT2D eigenvalue weighted by molar-refractivity contribution is 0.0928. The van der Waals surface area contributed by atoms with Crippen molar-refractivity contribution in [3.05, 3.63) is 52.0 Å². The SMILES string of the molecule is CC[C@H](NC(=O)c1cccc(=O)[nH]1)c1ncc(C)[nH]1. The van der Waals surface area contributed by atoms with E-state index in [1.54, 1.807) is 18.3 Å². The zero-order chi connectivity index (χ0) is 13.8. The maximum absolute atomic E-state index is 12.0. The van der Waals surface area contributed by atoms with Crippen molar-refractivity contribution in [1.82, 2.24) is 20.3 Å². The van der Waals surface area contributed by atoms with Crippen LogP contribution < -0.4 is 10.9 Å². The Balaban J connectivity index is 2.15. The van der Waals surface area contributed by atoms with E-state index in [4.69, 9.17) is 0 Å². The Bertz CT molecular complexity index is 629. The van der Waals surface area contributed by atoms with E-state index in [9.17, 15) is 9.59 Å². The van der Waals surface area contributed by atoms with Crippen LogP contribution in [0.15, 0.2) is 29.2 Å². The smallest absolute Gasteiger partial charge is 0.268 e. The molecule has 0 spiro atoms. The summed E-state index contributed by atoms with van der Waals surface area (Å²) in [6, 6.07) is 4.27. The van der Waals surface area contributed by atoms with Crippen molar-refractivity contribution >= 4 is 5.91 Å². The molecule has 0 saturated carbocycles. The van der Waals surface area contributed by atoms with E-state index in [0.29, 0.717) is 12.2 Å². The number of imidazole rings is 1. The number of rotatable bonds is 4. The minimum atomic E-state index is -0.321. The first-order valence-corrected chi connectivity index (χ1v) is 6.12. The van der Waals surface area contributed by atoms with Gasteiger partial charge in [0.15, 0.2) is 0 Å². The van der Waals surface area contributed by atoms with Crippen LogP contribution >= 0.6 is 0 Å². The maximum atomic E-state index is 12.0. The Morgan fingerprint density at radius 3 is 2.79 bits per heavy atom. The van der Waals surface area contributed by atoms with E-state index in [1.807, 2.05) is 13.8 Å². The molecule has 3 N–H and O–H groups in total. The van der Waals surface area contributed by atoms with Crippen molar-refractivity contribution in [3.8, 4) is 0 Å². The predicted octanol–water partition coefficient (Wildman–Crippen LogP) is 1.29. The largest absolute Gasteiger partial charge is 0.344 e. The summed E-state index contributed by atoms with van der Waals surface area (Å²) in [7, 11) is 0. The topological polar surface area (TPSA) is 90.6 Å². The number of hydrogen-bond acceptors (Lipinski definition) is 3. The van der Waals surface area contributed by atoms with E-state index in [1.165, 1.54) is 6.07 Å². The van der Waals surface area contributed by atoms with Crippen LogP contribution in [0.3, 0.4) is 0 Å². The average Bonchev–Trinajstić information content (AvgIpc) is 2.82. The number of carbonyl (C=O) groups is 1. The molecule has 0 aliphatic heterocycles. The van der Waals surface area contributed by atoms with E-state index in [2.05, 4.69) is 20.3 Å². The van der Waals surface area contributed by atoms with E-state index in [0.717, 1.165) is 5.69 Å². The van der Waals surface area contributed by atoms with Gasteiger partial charge in [-0.2, -0.15) is 0 Å². The summed E-state index contributed by atoms with van der Waals surface area (Å²) in [5.74, 6) is 0.394. The number of H-pyrrole nitrogens is 2. The standard InChI is InChI=1S/C13H16N4O2/c1-3-9(12-14-7-8(2)15-12)17-13(19)10-5-4-6-11(18)16-10/h4-7,9H,3H2,1-2H3,(H,14,15)(H,16,18)(H,17,19)/t9-/m0/s1. The number of aromatic nitrogens is 3. The van der Waals surface area contributed by atoms with Crippen LogP contribution in [0.4, 0.5) is 0 Å². The van der Waals surface area contributed by atoms with Crippen LogP contribution in [-0.2, 0) is 0 Å². The minimum absolute atomic E-state index is 0.204.